The lowest BCUT2D eigenvalue weighted by molar-refractivity contribution is -0.199. The predicted molar refractivity (Wildman–Crippen MR) is 95.6 cm³/mol. The molecule has 134 valence electrons. The molecule has 0 bridgehead atoms. The zero-order valence-corrected chi connectivity index (χ0v) is 14.5. The van der Waals surface area contributed by atoms with Gasteiger partial charge in [-0.2, -0.15) is 4.94 Å². The molecular formula is C20H25FN2O2. The van der Waals surface area contributed by atoms with Gasteiger partial charge in [-0.1, -0.05) is 61.1 Å². The Morgan fingerprint density at radius 2 is 1.96 bits per heavy atom. The van der Waals surface area contributed by atoms with Crippen LogP contribution in [-0.4, -0.2) is 24.2 Å². The Labute approximate surface area is 148 Å². The molecule has 4 atom stereocenters. The SMILES string of the molecule is CC1C=CC(CC[C@H]2NC(=O)N[C@H](Cc3ccccc3)C2OF)=CC1. The fraction of sp³-hybridized carbons (Fsp3) is 0.450. The number of carbonyl (C=O) groups excluding carboxylic acids is 1. The minimum Gasteiger partial charge on any atom is -0.333 e. The van der Waals surface area contributed by atoms with Gasteiger partial charge in [-0.15, -0.1) is 0 Å². The van der Waals surface area contributed by atoms with Crippen LogP contribution in [0.25, 0.3) is 0 Å². The molecule has 2 unspecified atom stereocenters. The lowest BCUT2D eigenvalue weighted by Crippen LogP contribution is -2.64. The number of urea groups is 1. The van der Waals surface area contributed by atoms with Crippen LogP contribution in [0.1, 0.15) is 31.7 Å². The molecule has 25 heavy (non-hydrogen) atoms. The molecule has 0 saturated carbocycles. The normalized spacial score (nSPS) is 28.9. The number of amides is 2. The highest BCUT2D eigenvalue weighted by atomic mass is 19.3. The summed E-state index contributed by atoms with van der Waals surface area (Å²) in [5, 5.41) is 5.61. The molecule has 4 nitrogen and oxygen atoms in total. The van der Waals surface area contributed by atoms with E-state index >= 15 is 0 Å². The van der Waals surface area contributed by atoms with Gasteiger partial charge in [0.25, 0.3) is 0 Å². The van der Waals surface area contributed by atoms with E-state index < -0.39 is 6.10 Å². The number of nitrogens with one attached hydrogen (secondary N) is 2. The van der Waals surface area contributed by atoms with Gasteiger partial charge < -0.3 is 10.6 Å². The van der Waals surface area contributed by atoms with Crippen molar-refractivity contribution in [3.8, 4) is 0 Å². The predicted octanol–water partition coefficient (Wildman–Crippen LogP) is 3.85. The summed E-state index contributed by atoms with van der Waals surface area (Å²) in [5.41, 5.74) is 2.28. The lowest BCUT2D eigenvalue weighted by atomic mass is 9.89. The highest BCUT2D eigenvalue weighted by Crippen LogP contribution is 2.23. The van der Waals surface area contributed by atoms with Gasteiger partial charge in [0.15, 0.2) is 0 Å². The molecule has 2 N–H and O–H groups in total. The Balaban J connectivity index is 1.63. The van der Waals surface area contributed by atoms with Crippen molar-refractivity contribution in [2.45, 2.75) is 50.8 Å². The third kappa shape index (κ3) is 4.69. The van der Waals surface area contributed by atoms with Crippen LogP contribution >= 0.6 is 0 Å². The van der Waals surface area contributed by atoms with Gasteiger partial charge >= 0.3 is 6.03 Å². The van der Waals surface area contributed by atoms with Crippen molar-refractivity contribution in [1.29, 1.82) is 0 Å². The van der Waals surface area contributed by atoms with Crippen molar-refractivity contribution < 1.29 is 14.3 Å². The monoisotopic (exact) mass is 344 g/mol. The topological polar surface area (TPSA) is 50.4 Å². The lowest BCUT2D eigenvalue weighted by Gasteiger charge is -2.36. The van der Waals surface area contributed by atoms with E-state index in [0.29, 0.717) is 18.8 Å². The molecular weight excluding hydrogens is 319 g/mol. The number of halogens is 1. The molecule has 2 aliphatic rings. The zero-order chi connectivity index (χ0) is 17.6. The van der Waals surface area contributed by atoms with Gasteiger partial charge in [-0.3, -0.25) is 0 Å². The quantitative estimate of drug-likeness (QED) is 0.823. The van der Waals surface area contributed by atoms with Crippen LogP contribution < -0.4 is 10.6 Å². The first-order valence-electron chi connectivity index (χ1n) is 8.91. The van der Waals surface area contributed by atoms with Gasteiger partial charge in [0, 0.05) is 0 Å². The number of rotatable bonds is 6. The van der Waals surface area contributed by atoms with Crippen molar-refractivity contribution in [1.82, 2.24) is 10.6 Å². The Kier molecular flexibility index (Phi) is 5.87. The van der Waals surface area contributed by atoms with Crippen molar-refractivity contribution in [2.24, 2.45) is 5.92 Å². The third-order valence-corrected chi connectivity index (χ3v) is 4.96. The summed E-state index contributed by atoms with van der Waals surface area (Å²) >= 11 is 0. The van der Waals surface area contributed by atoms with Crippen molar-refractivity contribution in [3.63, 3.8) is 0 Å². The summed E-state index contributed by atoms with van der Waals surface area (Å²) in [7, 11) is 0. The first-order chi connectivity index (χ1) is 12.2. The van der Waals surface area contributed by atoms with E-state index in [9.17, 15) is 9.32 Å². The highest BCUT2D eigenvalue weighted by Gasteiger charge is 2.38. The van der Waals surface area contributed by atoms with Gasteiger partial charge in [-0.25, -0.2) is 4.79 Å². The second-order valence-corrected chi connectivity index (χ2v) is 6.96. The van der Waals surface area contributed by atoms with E-state index in [4.69, 9.17) is 0 Å². The number of benzene rings is 1. The zero-order valence-electron chi connectivity index (χ0n) is 14.5. The van der Waals surface area contributed by atoms with Crippen LogP contribution in [0.2, 0.25) is 0 Å². The Morgan fingerprint density at radius 3 is 2.64 bits per heavy atom. The molecule has 0 radical (unpaired) electrons. The van der Waals surface area contributed by atoms with Crippen LogP contribution in [0.3, 0.4) is 0 Å². The minimum absolute atomic E-state index is 0.263. The maximum absolute atomic E-state index is 13.3. The summed E-state index contributed by atoms with van der Waals surface area (Å²) in [5.74, 6) is 0.569. The van der Waals surface area contributed by atoms with E-state index in [-0.39, 0.29) is 18.1 Å². The summed E-state index contributed by atoms with van der Waals surface area (Å²) in [4.78, 5) is 16.3. The average molecular weight is 344 g/mol. The molecule has 1 aliphatic carbocycles. The van der Waals surface area contributed by atoms with Crippen LogP contribution in [0.4, 0.5) is 9.32 Å². The van der Waals surface area contributed by atoms with Gasteiger partial charge in [0.05, 0.1) is 12.1 Å². The van der Waals surface area contributed by atoms with Crippen molar-refractivity contribution >= 4 is 6.03 Å². The first-order valence-corrected chi connectivity index (χ1v) is 8.91. The standard InChI is InChI=1S/C20H25FN2O2/c1-14-7-9-15(10-8-14)11-12-17-19(25-21)18(23-20(24)22-17)13-16-5-3-2-4-6-16/h2-7,9-10,14,17-19H,8,11-13H2,1H3,(H2,22,23,24)/t14?,17-,18-,19?/m1/s1. The maximum atomic E-state index is 13.3. The number of allylic oxidation sites excluding steroid dienone is 4. The van der Waals surface area contributed by atoms with Crippen LogP contribution in [0.15, 0.2) is 54.1 Å². The van der Waals surface area contributed by atoms with Crippen molar-refractivity contribution in [2.75, 3.05) is 0 Å². The van der Waals surface area contributed by atoms with E-state index in [0.717, 1.165) is 18.4 Å². The molecule has 0 aromatic heterocycles. The molecule has 1 heterocycles. The first kappa shape index (κ1) is 17.7. The molecule has 1 fully saturated rings. The average Bonchev–Trinajstić information content (AvgIpc) is 2.62. The van der Waals surface area contributed by atoms with E-state index in [2.05, 4.69) is 40.7 Å². The number of hydrogen-bond acceptors (Lipinski definition) is 2. The van der Waals surface area contributed by atoms with E-state index in [1.807, 2.05) is 30.3 Å². The molecule has 1 aromatic carbocycles. The third-order valence-electron chi connectivity index (χ3n) is 4.96. The summed E-state index contributed by atoms with van der Waals surface area (Å²) in [6, 6.07) is 8.75. The van der Waals surface area contributed by atoms with Crippen LogP contribution in [0, 0.1) is 5.92 Å². The fourth-order valence-electron chi connectivity index (χ4n) is 3.50. The summed E-state index contributed by atoms with van der Waals surface area (Å²) in [6.07, 6.45) is 8.86. The molecule has 0 spiro atoms. The summed E-state index contributed by atoms with van der Waals surface area (Å²) < 4.78 is 13.3. The molecule has 5 heteroatoms. The fourth-order valence-corrected chi connectivity index (χ4v) is 3.50. The molecule has 1 aromatic rings. The van der Waals surface area contributed by atoms with Gasteiger partial charge in [0.1, 0.15) is 6.10 Å². The molecule has 3 rings (SSSR count). The maximum Gasteiger partial charge on any atom is 0.315 e. The number of carbonyl (C=O) groups is 1. The molecule has 2 amide bonds. The van der Waals surface area contributed by atoms with Crippen molar-refractivity contribution in [3.05, 3.63) is 59.7 Å². The van der Waals surface area contributed by atoms with Crippen LogP contribution in [0.5, 0.6) is 0 Å². The van der Waals surface area contributed by atoms with Crippen LogP contribution in [-0.2, 0) is 11.4 Å². The van der Waals surface area contributed by atoms with Gasteiger partial charge in [0.2, 0.25) is 0 Å². The largest absolute Gasteiger partial charge is 0.333 e. The Morgan fingerprint density at radius 1 is 1.20 bits per heavy atom. The Hall–Kier alpha value is -2.14. The van der Waals surface area contributed by atoms with E-state index in [1.165, 1.54) is 5.57 Å². The molecule has 1 aliphatic heterocycles. The minimum atomic E-state index is -0.704. The summed E-state index contributed by atoms with van der Waals surface area (Å²) in [6.45, 7) is 2.18. The number of hydrogen-bond donors (Lipinski definition) is 2. The van der Waals surface area contributed by atoms with Gasteiger partial charge in [-0.05, 0) is 41.7 Å². The molecule has 1 saturated heterocycles. The second kappa shape index (κ2) is 8.30. The van der Waals surface area contributed by atoms with E-state index in [1.54, 1.807) is 0 Å². The smallest absolute Gasteiger partial charge is 0.315 e. The second-order valence-electron chi connectivity index (χ2n) is 6.96. The Bertz CT molecular complexity index is 644. The highest BCUT2D eigenvalue weighted by molar-refractivity contribution is 5.76.